The molecule has 0 unspecified atom stereocenters. The van der Waals surface area contributed by atoms with Crippen LogP contribution in [0.25, 0.3) is 0 Å². The molecule has 2 rings (SSSR count). The van der Waals surface area contributed by atoms with Crippen LogP contribution in [0.15, 0.2) is 36.7 Å². The summed E-state index contributed by atoms with van der Waals surface area (Å²) in [6, 6.07) is 7.01. The summed E-state index contributed by atoms with van der Waals surface area (Å²) in [4.78, 5) is 15.9. The van der Waals surface area contributed by atoms with Crippen LogP contribution in [0.3, 0.4) is 0 Å². The summed E-state index contributed by atoms with van der Waals surface area (Å²) >= 11 is 5.83. The topological polar surface area (TPSA) is 44.1 Å². The Hall–Kier alpha value is -1.81. The van der Waals surface area contributed by atoms with Crippen molar-refractivity contribution in [3.8, 4) is 5.75 Å². The van der Waals surface area contributed by atoms with Crippen molar-refractivity contribution >= 4 is 17.4 Å². The number of benzene rings is 1. The molecule has 0 bridgehead atoms. The SMILES string of the molecule is Cn1ccnc1CCC(=O)COc1cccc(Cl)c1. The number of carbonyl (C=O) groups excluding carboxylic acids is 1. The van der Waals surface area contributed by atoms with Gasteiger partial charge < -0.3 is 9.30 Å². The highest BCUT2D eigenvalue weighted by Gasteiger charge is 2.06. The van der Waals surface area contributed by atoms with E-state index in [-0.39, 0.29) is 12.4 Å². The second-order valence-electron chi connectivity index (χ2n) is 4.24. The maximum atomic E-state index is 11.7. The van der Waals surface area contributed by atoms with Crippen LogP contribution >= 0.6 is 11.6 Å². The van der Waals surface area contributed by atoms with E-state index in [9.17, 15) is 4.79 Å². The van der Waals surface area contributed by atoms with Crippen molar-refractivity contribution in [2.45, 2.75) is 12.8 Å². The Kier molecular flexibility index (Phi) is 4.58. The van der Waals surface area contributed by atoms with E-state index < -0.39 is 0 Å². The predicted molar refractivity (Wildman–Crippen MR) is 73.5 cm³/mol. The van der Waals surface area contributed by atoms with Crippen molar-refractivity contribution in [1.29, 1.82) is 0 Å². The fourth-order valence-electron chi connectivity index (χ4n) is 1.68. The molecule has 0 spiro atoms. The Morgan fingerprint density at radius 2 is 2.32 bits per heavy atom. The van der Waals surface area contributed by atoms with Gasteiger partial charge in [-0.05, 0) is 18.2 Å². The van der Waals surface area contributed by atoms with Crippen LogP contribution in [0, 0.1) is 0 Å². The first kappa shape index (κ1) is 13.6. The maximum Gasteiger partial charge on any atom is 0.170 e. The second-order valence-corrected chi connectivity index (χ2v) is 4.68. The number of carbonyl (C=O) groups is 1. The third-order valence-corrected chi connectivity index (χ3v) is 2.98. The van der Waals surface area contributed by atoms with Crippen molar-refractivity contribution in [2.75, 3.05) is 6.61 Å². The summed E-state index contributed by atoms with van der Waals surface area (Å²) in [5, 5.41) is 0.595. The minimum atomic E-state index is 0.0444. The molecule has 0 saturated carbocycles. The van der Waals surface area contributed by atoms with Crippen molar-refractivity contribution in [3.05, 3.63) is 47.5 Å². The first-order chi connectivity index (χ1) is 9.15. The number of nitrogens with zero attached hydrogens (tertiary/aromatic N) is 2. The minimum Gasteiger partial charge on any atom is -0.486 e. The zero-order valence-corrected chi connectivity index (χ0v) is 11.4. The summed E-state index contributed by atoms with van der Waals surface area (Å²) in [6.45, 7) is 0.0603. The Labute approximate surface area is 117 Å². The normalized spacial score (nSPS) is 10.4. The van der Waals surface area contributed by atoms with Gasteiger partial charge in [-0.2, -0.15) is 0 Å². The van der Waals surface area contributed by atoms with E-state index in [1.54, 1.807) is 30.5 Å². The van der Waals surface area contributed by atoms with Gasteiger partial charge in [0.15, 0.2) is 5.78 Å². The van der Waals surface area contributed by atoms with E-state index in [1.165, 1.54) is 0 Å². The monoisotopic (exact) mass is 278 g/mol. The number of rotatable bonds is 6. The van der Waals surface area contributed by atoms with E-state index in [0.29, 0.717) is 23.6 Å². The highest BCUT2D eigenvalue weighted by molar-refractivity contribution is 6.30. The van der Waals surface area contributed by atoms with Gasteiger partial charge in [0.25, 0.3) is 0 Å². The summed E-state index contributed by atoms with van der Waals surface area (Å²) in [7, 11) is 1.91. The fraction of sp³-hybridized carbons (Fsp3) is 0.286. The van der Waals surface area contributed by atoms with Gasteiger partial charge in [-0.25, -0.2) is 4.98 Å². The molecule has 0 fully saturated rings. The number of hydrogen-bond donors (Lipinski definition) is 0. The zero-order valence-electron chi connectivity index (χ0n) is 10.7. The lowest BCUT2D eigenvalue weighted by molar-refractivity contribution is -0.121. The van der Waals surface area contributed by atoms with Crippen molar-refractivity contribution in [3.63, 3.8) is 0 Å². The standard InChI is InChI=1S/C14H15ClN2O2/c1-17-8-7-16-14(17)6-5-12(18)10-19-13-4-2-3-11(15)9-13/h2-4,7-9H,5-6,10H2,1H3. The minimum absolute atomic E-state index is 0.0444. The van der Waals surface area contributed by atoms with Gasteiger partial charge in [0.05, 0.1) is 0 Å². The van der Waals surface area contributed by atoms with Gasteiger partial charge in [0, 0.05) is 37.3 Å². The molecule has 1 aromatic heterocycles. The number of Topliss-reactive ketones (excluding diaryl/α,β-unsaturated/α-hetero) is 1. The summed E-state index contributed by atoms with van der Waals surface area (Å²) in [6.07, 6.45) is 4.64. The molecule has 5 heteroatoms. The molecular weight excluding hydrogens is 264 g/mol. The number of ether oxygens (including phenoxy) is 1. The number of hydrogen-bond acceptors (Lipinski definition) is 3. The molecule has 0 aliphatic heterocycles. The summed E-state index contributed by atoms with van der Waals surface area (Å²) in [5.41, 5.74) is 0. The molecule has 2 aromatic rings. The third-order valence-electron chi connectivity index (χ3n) is 2.74. The van der Waals surface area contributed by atoms with Gasteiger partial charge in [0.2, 0.25) is 0 Å². The molecule has 0 atom stereocenters. The Morgan fingerprint density at radius 3 is 3.00 bits per heavy atom. The van der Waals surface area contributed by atoms with Crippen LogP contribution in [0.4, 0.5) is 0 Å². The van der Waals surface area contributed by atoms with E-state index in [1.807, 2.05) is 17.8 Å². The van der Waals surface area contributed by atoms with E-state index in [2.05, 4.69) is 4.98 Å². The third kappa shape index (κ3) is 4.10. The molecule has 1 aromatic carbocycles. The van der Waals surface area contributed by atoms with Crippen molar-refractivity contribution in [1.82, 2.24) is 9.55 Å². The average Bonchev–Trinajstić information content (AvgIpc) is 2.80. The second kappa shape index (κ2) is 6.38. The number of ketones is 1. The molecule has 0 aliphatic carbocycles. The quantitative estimate of drug-likeness (QED) is 0.816. The number of halogens is 1. The lowest BCUT2D eigenvalue weighted by Gasteiger charge is -2.06. The van der Waals surface area contributed by atoms with Gasteiger partial charge in [-0.15, -0.1) is 0 Å². The van der Waals surface area contributed by atoms with E-state index in [0.717, 1.165) is 5.82 Å². The largest absolute Gasteiger partial charge is 0.486 e. The van der Waals surface area contributed by atoms with Gasteiger partial charge in [-0.3, -0.25) is 4.79 Å². The number of aryl methyl sites for hydroxylation is 2. The summed E-state index contributed by atoms with van der Waals surface area (Å²) in [5.74, 6) is 1.55. The molecule has 1 heterocycles. The summed E-state index contributed by atoms with van der Waals surface area (Å²) < 4.78 is 7.30. The van der Waals surface area contributed by atoms with Crippen LogP contribution in [-0.2, 0) is 18.3 Å². The molecule has 0 N–H and O–H groups in total. The highest BCUT2D eigenvalue weighted by Crippen LogP contribution is 2.17. The van der Waals surface area contributed by atoms with Crippen LogP contribution in [-0.4, -0.2) is 21.9 Å². The predicted octanol–water partition coefficient (Wildman–Crippen LogP) is 2.65. The molecule has 100 valence electrons. The van der Waals surface area contributed by atoms with Gasteiger partial charge in [-0.1, -0.05) is 17.7 Å². The number of aromatic nitrogens is 2. The Morgan fingerprint density at radius 1 is 1.47 bits per heavy atom. The lowest BCUT2D eigenvalue weighted by Crippen LogP contribution is -2.13. The van der Waals surface area contributed by atoms with E-state index in [4.69, 9.17) is 16.3 Å². The smallest absolute Gasteiger partial charge is 0.170 e. The maximum absolute atomic E-state index is 11.7. The number of imidazole rings is 1. The van der Waals surface area contributed by atoms with Crippen LogP contribution in [0.1, 0.15) is 12.2 Å². The molecule has 0 saturated heterocycles. The molecule has 0 radical (unpaired) electrons. The lowest BCUT2D eigenvalue weighted by atomic mass is 10.2. The first-order valence-corrected chi connectivity index (χ1v) is 6.39. The molecular formula is C14H15ClN2O2. The zero-order chi connectivity index (χ0) is 13.7. The van der Waals surface area contributed by atoms with Gasteiger partial charge >= 0.3 is 0 Å². The van der Waals surface area contributed by atoms with E-state index >= 15 is 0 Å². The highest BCUT2D eigenvalue weighted by atomic mass is 35.5. The van der Waals surface area contributed by atoms with Crippen LogP contribution in [0.2, 0.25) is 5.02 Å². The Bertz CT molecular complexity index is 566. The molecule has 19 heavy (non-hydrogen) atoms. The molecule has 4 nitrogen and oxygen atoms in total. The van der Waals surface area contributed by atoms with Gasteiger partial charge in [0.1, 0.15) is 18.2 Å². The first-order valence-electron chi connectivity index (χ1n) is 6.01. The van der Waals surface area contributed by atoms with Crippen molar-refractivity contribution in [2.24, 2.45) is 7.05 Å². The average molecular weight is 279 g/mol. The molecule has 0 amide bonds. The molecule has 0 aliphatic rings. The van der Waals surface area contributed by atoms with Crippen LogP contribution < -0.4 is 4.74 Å². The van der Waals surface area contributed by atoms with Crippen molar-refractivity contribution < 1.29 is 9.53 Å². The van der Waals surface area contributed by atoms with Crippen LogP contribution in [0.5, 0.6) is 5.75 Å². The Balaban J connectivity index is 1.77. The fourth-order valence-corrected chi connectivity index (χ4v) is 1.86.